The highest BCUT2D eigenvalue weighted by Gasteiger charge is 2.23. The zero-order valence-electron chi connectivity index (χ0n) is 16.3. The SMILES string of the molecule is CCOC(=O)c1[nH]c(C)c(C(=O)COC(=O)CNC(=O)c2ccc(Br)cc2)c1C. The Morgan fingerprint density at radius 1 is 1.07 bits per heavy atom. The highest BCUT2D eigenvalue weighted by molar-refractivity contribution is 9.10. The van der Waals surface area contributed by atoms with Gasteiger partial charge >= 0.3 is 11.9 Å². The first-order valence-corrected chi connectivity index (χ1v) is 9.62. The second kappa shape index (κ2) is 10.0. The highest BCUT2D eigenvalue weighted by Crippen LogP contribution is 2.19. The van der Waals surface area contributed by atoms with Gasteiger partial charge in [0.25, 0.3) is 5.91 Å². The Balaban J connectivity index is 1.90. The molecule has 0 aliphatic heterocycles. The molecule has 0 saturated heterocycles. The first-order valence-electron chi connectivity index (χ1n) is 8.83. The number of hydrogen-bond acceptors (Lipinski definition) is 6. The van der Waals surface area contributed by atoms with E-state index in [1.165, 1.54) is 0 Å². The average molecular weight is 465 g/mol. The Hall–Kier alpha value is -2.94. The third-order valence-corrected chi connectivity index (χ3v) is 4.59. The maximum atomic E-state index is 12.4. The fraction of sp³-hybridized carbons (Fsp3) is 0.300. The highest BCUT2D eigenvalue weighted by atomic mass is 79.9. The molecular weight excluding hydrogens is 444 g/mol. The number of halogens is 1. The standard InChI is InChI=1S/C20H21BrN2O6/c1-4-28-20(27)18-11(2)17(12(3)23-18)15(24)10-29-16(25)9-22-19(26)13-5-7-14(21)8-6-13/h5-8,23H,4,9-10H2,1-3H3,(H,22,26). The summed E-state index contributed by atoms with van der Waals surface area (Å²) in [4.78, 5) is 51.0. The van der Waals surface area contributed by atoms with E-state index in [-0.39, 0.29) is 24.4 Å². The number of H-pyrrole nitrogens is 1. The molecule has 0 aliphatic carbocycles. The largest absolute Gasteiger partial charge is 0.461 e. The number of hydrogen-bond donors (Lipinski definition) is 2. The number of amides is 1. The lowest BCUT2D eigenvalue weighted by molar-refractivity contribution is -0.141. The predicted octanol–water partition coefficient (Wildman–Crippen LogP) is 2.73. The van der Waals surface area contributed by atoms with Crippen molar-refractivity contribution >= 4 is 39.6 Å². The summed E-state index contributed by atoms with van der Waals surface area (Å²) in [5, 5.41) is 2.43. The number of carbonyl (C=O) groups excluding carboxylic acids is 4. The second-order valence-electron chi connectivity index (χ2n) is 6.12. The van der Waals surface area contributed by atoms with Gasteiger partial charge in [0.2, 0.25) is 5.78 Å². The molecule has 0 atom stereocenters. The van der Waals surface area contributed by atoms with Gasteiger partial charge in [-0.1, -0.05) is 15.9 Å². The molecule has 2 aromatic rings. The Bertz CT molecular complexity index is 933. The Morgan fingerprint density at radius 3 is 2.34 bits per heavy atom. The zero-order chi connectivity index (χ0) is 21.6. The van der Waals surface area contributed by atoms with Gasteiger partial charge in [0.05, 0.1) is 6.61 Å². The van der Waals surface area contributed by atoms with E-state index in [0.717, 1.165) is 4.47 Å². The lowest BCUT2D eigenvalue weighted by Gasteiger charge is -2.07. The second-order valence-corrected chi connectivity index (χ2v) is 7.03. The smallest absolute Gasteiger partial charge is 0.355 e. The van der Waals surface area contributed by atoms with E-state index in [1.54, 1.807) is 45.0 Å². The molecule has 0 bridgehead atoms. The van der Waals surface area contributed by atoms with Crippen molar-refractivity contribution in [2.24, 2.45) is 0 Å². The van der Waals surface area contributed by atoms with Gasteiger partial charge in [0.1, 0.15) is 12.2 Å². The van der Waals surface area contributed by atoms with Crippen LogP contribution in [0.5, 0.6) is 0 Å². The van der Waals surface area contributed by atoms with Crippen LogP contribution in [-0.4, -0.2) is 48.4 Å². The molecule has 0 saturated carbocycles. The number of nitrogens with one attached hydrogen (secondary N) is 2. The lowest BCUT2D eigenvalue weighted by Crippen LogP contribution is -2.31. The molecule has 1 aromatic carbocycles. The summed E-state index contributed by atoms with van der Waals surface area (Å²) >= 11 is 3.27. The van der Waals surface area contributed by atoms with Gasteiger partial charge < -0.3 is 19.8 Å². The molecule has 0 radical (unpaired) electrons. The quantitative estimate of drug-likeness (QED) is 0.458. The van der Waals surface area contributed by atoms with Crippen molar-refractivity contribution in [3.8, 4) is 0 Å². The third-order valence-electron chi connectivity index (χ3n) is 4.06. The van der Waals surface area contributed by atoms with Crippen LogP contribution in [0.4, 0.5) is 0 Å². The monoisotopic (exact) mass is 464 g/mol. The first kappa shape index (κ1) is 22.4. The molecule has 0 spiro atoms. The topological polar surface area (TPSA) is 115 Å². The minimum absolute atomic E-state index is 0.195. The van der Waals surface area contributed by atoms with E-state index >= 15 is 0 Å². The number of Topliss-reactive ketones (excluding diaryl/α,β-unsaturated/α-hetero) is 1. The Labute approximate surface area is 176 Å². The van der Waals surface area contributed by atoms with Crippen molar-refractivity contribution in [3.05, 3.63) is 56.8 Å². The molecular formula is C20H21BrN2O6. The van der Waals surface area contributed by atoms with Crippen molar-refractivity contribution in [2.75, 3.05) is 19.8 Å². The normalized spacial score (nSPS) is 10.3. The molecule has 29 heavy (non-hydrogen) atoms. The van der Waals surface area contributed by atoms with Crippen molar-refractivity contribution in [1.29, 1.82) is 0 Å². The summed E-state index contributed by atoms with van der Waals surface area (Å²) < 4.78 is 10.7. The number of aromatic nitrogens is 1. The molecule has 154 valence electrons. The zero-order valence-corrected chi connectivity index (χ0v) is 17.8. The van der Waals surface area contributed by atoms with Crippen molar-refractivity contribution in [2.45, 2.75) is 20.8 Å². The summed E-state index contributed by atoms with van der Waals surface area (Å²) in [5.74, 6) is -2.20. The van der Waals surface area contributed by atoms with Gasteiger partial charge in [-0.15, -0.1) is 0 Å². The number of aromatic amines is 1. The van der Waals surface area contributed by atoms with Crippen LogP contribution in [0.25, 0.3) is 0 Å². The van der Waals surface area contributed by atoms with Crippen LogP contribution in [0.1, 0.15) is 49.4 Å². The summed E-state index contributed by atoms with van der Waals surface area (Å²) in [7, 11) is 0. The average Bonchev–Trinajstić information content (AvgIpc) is 2.99. The van der Waals surface area contributed by atoms with Crippen LogP contribution in [-0.2, 0) is 14.3 Å². The maximum absolute atomic E-state index is 12.4. The summed E-state index contributed by atoms with van der Waals surface area (Å²) in [5.41, 5.74) is 1.78. The van der Waals surface area contributed by atoms with E-state index < -0.39 is 30.2 Å². The molecule has 0 aliphatic rings. The molecule has 2 rings (SSSR count). The number of rotatable bonds is 8. The summed E-state index contributed by atoms with van der Waals surface area (Å²) in [6, 6.07) is 6.62. The minimum Gasteiger partial charge on any atom is -0.461 e. The number of aryl methyl sites for hydroxylation is 1. The van der Waals surface area contributed by atoms with Crippen molar-refractivity contribution < 1.29 is 28.7 Å². The summed E-state index contributed by atoms with van der Waals surface area (Å²) in [6.07, 6.45) is 0. The van der Waals surface area contributed by atoms with Crippen LogP contribution in [0.3, 0.4) is 0 Å². The number of ether oxygens (including phenoxy) is 2. The van der Waals surface area contributed by atoms with Crippen LogP contribution in [0, 0.1) is 13.8 Å². The van der Waals surface area contributed by atoms with E-state index in [0.29, 0.717) is 16.8 Å². The number of benzene rings is 1. The van der Waals surface area contributed by atoms with Crippen LogP contribution >= 0.6 is 15.9 Å². The molecule has 1 aromatic heterocycles. The third kappa shape index (κ3) is 5.77. The molecule has 2 N–H and O–H groups in total. The van der Waals surface area contributed by atoms with Crippen molar-refractivity contribution in [1.82, 2.24) is 10.3 Å². The first-order chi connectivity index (χ1) is 13.7. The fourth-order valence-electron chi connectivity index (χ4n) is 2.70. The summed E-state index contributed by atoms with van der Waals surface area (Å²) in [6.45, 7) is 4.27. The van der Waals surface area contributed by atoms with Gasteiger partial charge in [-0.3, -0.25) is 14.4 Å². The Morgan fingerprint density at radius 2 is 1.72 bits per heavy atom. The van der Waals surface area contributed by atoms with Gasteiger partial charge in [-0.2, -0.15) is 0 Å². The van der Waals surface area contributed by atoms with Crippen LogP contribution < -0.4 is 5.32 Å². The van der Waals surface area contributed by atoms with Gasteiger partial charge in [0.15, 0.2) is 6.61 Å². The van der Waals surface area contributed by atoms with Crippen LogP contribution in [0.15, 0.2) is 28.7 Å². The molecule has 0 unspecified atom stereocenters. The van der Waals surface area contributed by atoms with E-state index in [9.17, 15) is 19.2 Å². The Kier molecular flexibility index (Phi) is 7.72. The number of carbonyl (C=O) groups is 4. The predicted molar refractivity (Wildman–Crippen MR) is 108 cm³/mol. The van der Waals surface area contributed by atoms with Gasteiger partial charge in [-0.25, -0.2) is 4.79 Å². The van der Waals surface area contributed by atoms with E-state index in [2.05, 4.69) is 26.2 Å². The van der Waals surface area contributed by atoms with Gasteiger partial charge in [-0.05, 0) is 50.6 Å². The van der Waals surface area contributed by atoms with Crippen LogP contribution in [0.2, 0.25) is 0 Å². The maximum Gasteiger partial charge on any atom is 0.355 e. The van der Waals surface area contributed by atoms with E-state index in [1.807, 2.05) is 0 Å². The molecule has 0 fully saturated rings. The molecule has 1 amide bonds. The number of ketones is 1. The minimum atomic E-state index is -0.750. The van der Waals surface area contributed by atoms with E-state index in [4.69, 9.17) is 9.47 Å². The molecule has 8 nitrogen and oxygen atoms in total. The van der Waals surface area contributed by atoms with Gasteiger partial charge in [0, 0.05) is 21.3 Å². The van der Waals surface area contributed by atoms with Crippen molar-refractivity contribution in [3.63, 3.8) is 0 Å². The molecule has 9 heteroatoms. The molecule has 1 heterocycles. The lowest BCUT2D eigenvalue weighted by atomic mass is 10.1. The fourth-order valence-corrected chi connectivity index (χ4v) is 2.96. The number of esters is 2.